The summed E-state index contributed by atoms with van der Waals surface area (Å²) in [7, 11) is 0. The van der Waals surface area contributed by atoms with Gasteiger partial charge in [-0.2, -0.15) is 0 Å². The summed E-state index contributed by atoms with van der Waals surface area (Å²) in [5.74, 6) is 0.729. The summed E-state index contributed by atoms with van der Waals surface area (Å²) >= 11 is 0. The Labute approximate surface area is 129 Å². The van der Waals surface area contributed by atoms with Crippen LogP contribution in [0.2, 0.25) is 0 Å². The fourth-order valence-corrected chi connectivity index (χ4v) is 2.23. The van der Waals surface area contributed by atoms with Gasteiger partial charge in [-0.3, -0.25) is 4.79 Å². The van der Waals surface area contributed by atoms with Crippen molar-refractivity contribution in [2.24, 2.45) is 0 Å². The summed E-state index contributed by atoms with van der Waals surface area (Å²) in [6.45, 7) is 2.49. The molecular weight excluding hydrogens is 274 g/mol. The van der Waals surface area contributed by atoms with Gasteiger partial charge in [0.2, 0.25) is 5.91 Å². The lowest BCUT2D eigenvalue weighted by Gasteiger charge is -2.15. The molecule has 3 nitrogen and oxygen atoms in total. The molecule has 2 aromatic rings. The third-order valence-electron chi connectivity index (χ3n) is 3.42. The van der Waals surface area contributed by atoms with Crippen LogP contribution in [0.25, 0.3) is 6.08 Å². The van der Waals surface area contributed by atoms with Gasteiger partial charge in [0.15, 0.2) is 0 Å². The van der Waals surface area contributed by atoms with E-state index in [1.54, 1.807) is 6.08 Å². The molecular formula is C19H17NO2. The largest absolute Gasteiger partial charge is 0.488 e. The summed E-state index contributed by atoms with van der Waals surface area (Å²) in [5.41, 5.74) is 3.96. The second kappa shape index (κ2) is 6.31. The van der Waals surface area contributed by atoms with Crippen molar-refractivity contribution in [2.45, 2.75) is 6.92 Å². The molecule has 1 aliphatic rings. The van der Waals surface area contributed by atoms with Crippen molar-refractivity contribution in [2.75, 3.05) is 11.9 Å². The molecule has 1 amide bonds. The van der Waals surface area contributed by atoms with Crippen molar-refractivity contribution in [3.05, 3.63) is 77.4 Å². The topological polar surface area (TPSA) is 38.3 Å². The fraction of sp³-hybridized carbons (Fsp3) is 0.105. The predicted octanol–water partition coefficient (Wildman–Crippen LogP) is 3.97. The van der Waals surface area contributed by atoms with Crippen LogP contribution in [0.3, 0.4) is 0 Å². The number of hydrogen-bond acceptors (Lipinski definition) is 2. The van der Waals surface area contributed by atoms with Gasteiger partial charge in [-0.1, -0.05) is 42.0 Å². The number of carbonyl (C=O) groups excluding carboxylic acids is 1. The number of aryl methyl sites for hydroxylation is 1. The summed E-state index contributed by atoms with van der Waals surface area (Å²) in [6, 6.07) is 15.6. The normalized spacial score (nSPS) is 13.2. The van der Waals surface area contributed by atoms with E-state index in [1.807, 2.05) is 61.5 Å². The number of anilines is 1. The number of para-hydroxylation sites is 1. The van der Waals surface area contributed by atoms with Gasteiger partial charge in [0, 0.05) is 17.3 Å². The molecule has 0 saturated carbocycles. The Bertz CT molecular complexity index is 742. The Hall–Kier alpha value is -2.81. The van der Waals surface area contributed by atoms with E-state index in [0.717, 1.165) is 28.1 Å². The molecule has 0 bridgehead atoms. The molecule has 0 radical (unpaired) electrons. The Morgan fingerprint density at radius 3 is 2.73 bits per heavy atom. The highest BCUT2D eigenvalue weighted by Crippen LogP contribution is 2.25. The summed E-state index contributed by atoms with van der Waals surface area (Å²) in [4.78, 5) is 11.9. The maximum absolute atomic E-state index is 11.9. The van der Waals surface area contributed by atoms with E-state index >= 15 is 0 Å². The Kier molecular flexibility index (Phi) is 4.05. The number of nitrogens with one attached hydrogen (secondary N) is 1. The minimum atomic E-state index is -0.149. The number of fused-ring (bicyclic) bond motifs is 1. The molecule has 0 fully saturated rings. The third kappa shape index (κ3) is 3.44. The van der Waals surface area contributed by atoms with E-state index in [2.05, 4.69) is 5.32 Å². The first-order valence-electron chi connectivity index (χ1n) is 7.19. The van der Waals surface area contributed by atoms with Crippen LogP contribution in [0.1, 0.15) is 11.1 Å². The van der Waals surface area contributed by atoms with Gasteiger partial charge in [-0.15, -0.1) is 0 Å². The lowest BCUT2D eigenvalue weighted by atomic mass is 10.1. The van der Waals surface area contributed by atoms with Gasteiger partial charge < -0.3 is 10.1 Å². The van der Waals surface area contributed by atoms with Gasteiger partial charge in [-0.25, -0.2) is 0 Å². The van der Waals surface area contributed by atoms with Gasteiger partial charge in [0.25, 0.3) is 0 Å². The Morgan fingerprint density at radius 1 is 1.14 bits per heavy atom. The number of ether oxygens (including phenoxy) is 1. The van der Waals surface area contributed by atoms with Crippen molar-refractivity contribution in [1.82, 2.24) is 0 Å². The molecule has 0 aliphatic carbocycles. The molecule has 2 aromatic carbocycles. The predicted molar refractivity (Wildman–Crippen MR) is 88.9 cm³/mol. The number of hydrogen-bond donors (Lipinski definition) is 1. The van der Waals surface area contributed by atoms with Crippen molar-refractivity contribution < 1.29 is 9.53 Å². The van der Waals surface area contributed by atoms with Crippen LogP contribution in [0.5, 0.6) is 5.75 Å². The molecule has 22 heavy (non-hydrogen) atoms. The fourth-order valence-electron chi connectivity index (χ4n) is 2.23. The SMILES string of the molecule is Cc1ccc(NC(=O)/C=C/C2=Cc3ccccc3OC2)cc1. The van der Waals surface area contributed by atoms with Crippen LogP contribution in [-0.4, -0.2) is 12.5 Å². The van der Waals surface area contributed by atoms with Gasteiger partial charge in [-0.05, 0) is 36.8 Å². The van der Waals surface area contributed by atoms with Crippen molar-refractivity contribution >= 4 is 17.7 Å². The summed E-state index contributed by atoms with van der Waals surface area (Å²) in [5, 5.41) is 2.83. The zero-order valence-corrected chi connectivity index (χ0v) is 12.4. The zero-order chi connectivity index (χ0) is 15.4. The molecule has 3 heteroatoms. The van der Waals surface area contributed by atoms with Gasteiger partial charge in [0.1, 0.15) is 12.4 Å². The molecule has 0 atom stereocenters. The van der Waals surface area contributed by atoms with Gasteiger partial charge >= 0.3 is 0 Å². The van der Waals surface area contributed by atoms with Crippen LogP contribution in [0.15, 0.2) is 66.3 Å². The number of amides is 1. The number of carbonyl (C=O) groups is 1. The van der Waals surface area contributed by atoms with E-state index in [9.17, 15) is 4.79 Å². The Balaban J connectivity index is 1.66. The van der Waals surface area contributed by atoms with E-state index in [0.29, 0.717) is 6.61 Å². The molecule has 1 N–H and O–H groups in total. The molecule has 0 unspecified atom stereocenters. The smallest absolute Gasteiger partial charge is 0.248 e. The van der Waals surface area contributed by atoms with E-state index in [4.69, 9.17) is 4.74 Å². The molecule has 1 aliphatic heterocycles. The molecule has 0 spiro atoms. The monoisotopic (exact) mass is 291 g/mol. The first kappa shape index (κ1) is 14.1. The van der Waals surface area contributed by atoms with Crippen molar-refractivity contribution in [3.63, 3.8) is 0 Å². The lowest BCUT2D eigenvalue weighted by Crippen LogP contribution is -2.09. The molecule has 0 aromatic heterocycles. The average molecular weight is 291 g/mol. The van der Waals surface area contributed by atoms with Crippen LogP contribution >= 0.6 is 0 Å². The maximum atomic E-state index is 11.9. The van der Waals surface area contributed by atoms with E-state index < -0.39 is 0 Å². The van der Waals surface area contributed by atoms with E-state index in [-0.39, 0.29) is 5.91 Å². The molecule has 3 rings (SSSR count). The second-order valence-corrected chi connectivity index (χ2v) is 5.23. The summed E-state index contributed by atoms with van der Waals surface area (Å²) in [6.07, 6.45) is 5.36. The number of rotatable bonds is 3. The standard InChI is InChI=1S/C19H17NO2/c1-14-6-9-17(10-7-14)20-19(21)11-8-15-12-16-4-2-3-5-18(16)22-13-15/h2-12H,13H2,1H3,(H,20,21)/b11-8+. The van der Waals surface area contributed by atoms with Gasteiger partial charge in [0.05, 0.1) is 0 Å². The van der Waals surface area contributed by atoms with Crippen LogP contribution in [-0.2, 0) is 4.79 Å². The highest BCUT2D eigenvalue weighted by Gasteiger charge is 2.08. The number of benzene rings is 2. The average Bonchev–Trinajstić information content (AvgIpc) is 2.55. The summed E-state index contributed by atoms with van der Waals surface area (Å²) < 4.78 is 5.65. The highest BCUT2D eigenvalue weighted by atomic mass is 16.5. The quantitative estimate of drug-likeness (QED) is 0.869. The van der Waals surface area contributed by atoms with Crippen LogP contribution in [0, 0.1) is 6.92 Å². The molecule has 0 saturated heterocycles. The highest BCUT2D eigenvalue weighted by molar-refractivity contribution is 5.99. The molecule has 110 valence electrons. The molecule has 1 heterocycles. The maximum Gasteiger partial charge on any atom is 0.248 e. The minimum Gasteiger partial charge on any atom is -0.488 e. The third-order valence-corrected chi connectivity index (χ3v) is 3.42. The minimum absolute atomic E-state index is 0.149. The lowest BCUT2D eigenvalue weighted by molar-refractivity contribution is -0.111. The van der Waals surface area contributed by atoms with Crippen molar-refractivity contribution in [1.29, 1.82) is 0 Å². The second-order valence-electron chi connectivity index (χ2n) is 5.23. The van der Waals surface area contributed by atoms with E-state index in [1.165, 1.54) is 6.08 Å². The van der Waals surface area contributed by atoms with Crippen molar-refractivity contribution in [3.8, 4) is 5.75 Å². The first-order chi connectivity index (χ1) is 10.7. The van der Waals surface area contributed by atoms with Crippen LogP contribution < -0.4 is 10.1 Å². The zero-order valence-electron chi connectivity index (χ0n) is 12.4. The van der Waals surface area contributed by atoms with Crippen LogP contribution in [0.4, 0.5) is 5.69 Å². The first-order valence-corrected chi connectivity index (χ1v) is 7.19. The Morgan fingerprint density at radius 2 is 1.91 bits per heavy atom.